The minimum Gasteiger partial charge on any atom is -0.507 e. The molecular weight excluding hydrogens is 360 g/mol. The molecule has 0 aromatic heterocycles. The third-order valence-corrected chi connectivity index (χ3v) is 4.68. The van der Waals surface area contributed by atoms with Crippen molar-refractivity contribution in [2.75, 3.05) is 5.32 Å². The number of phenols is 1. The van der Waals surface area contributed by atoms with Gasteiger partial charge in [-0.05, 0) is 35.2 Å². The molecule has 0 aliphatic rings. The van der Waals surface area contributed by atoms with Gasteiger partial charge in [-0.15, -0.1) is 0 Å². The Morgan fingerprint density at radius 3 is 2.35 bits per heavy atom. The first-order valence-electron chi connectivity index (χ1n) is 7.45. The maximum Gasteiger partial charge on any atom is 0.294 e. The second kappa shape index (κ2) is 6.62. The SMILES string of the molecule is O=[N+]([O-])c1ccc(CNc2ccc3c(O)cc(S(=O)(=O)O)cc3c2)cc1. The zero-order valence-corrected chi connectivity index (χ0v) is 14.1. The van der Waals surface area contributed by atoms with Gasteiger partial charge in [-0.25, -0.2) is 0 Å². The van der Waals surface area contributed by atoms with E-state index in [1.165, 1.54) is 18.2 Å². The molecule has 3 aromatic rings. The van der Waals surface area contributed by atoms with Gasteiger partial charge in [-0.3, -0.25) is 14.7 Å². The van der Waals surface area contributed by atoms with E-state index in [4.69, 9.17) is 4.55 Å². The van der Waals surface area contributed by atoms with Gasteiger partial charge in [0.15, 0.2) is 0 Å². The van der Waals surface area contributed by atoms with Crippen molar-refractivity contribution >= 4 is 32.3 Å². The smallest absolute Gasteiger partial charge is 0.294 e. The van der Waals surface area contributed by atoms with Gasteiger partial charge in [-0.2, -0.15) is 8.42 Å². The zero-order chi connectivity index (χ0) is 18.9. The molecule has 26 heavy (non-hydrogen) atoms. The molecule has 0 aliphatic heterocycles. The average molecular weight is 374 g/mol. The van der Waals surface area contributed by atoms with E-state index in [2.05, 4.69) is 5.32 Å². The number of phenolic OH excluding ortho intramolecular Hbond substituents is 1. The molecule has 0 radical (unpaired) electrons. The largest absolute Gasteiger partial charge is 0.507 e. The third-order valence-electron chi connectivity index (χ3n) is 3.85. The van der Waals surface area contributed by atoms with Crippen LogP contribution >= 0.6 is 0 Å². The first kappa shape index (κ1) is 17.6. The van der Waals surface area contributed by atoms with Crippen molar-refractivity contribution in [3.63, 3.8) is 0 Å². The molecule has 134 valence electrons. The van der Waals surface area contributed by atoms with E-state index in [0.29, 0.717) is 23.0 Å². The molecule has 0 fully saturated rings. The first-order valence-corrected chi connectivity index (χ1v) is 8.89. The van der Waals surface area contributed by atoms with E-state index in [9.17, 15) is 23.6 Å². The van der Waals surface area contributed by atoms with Crippen LogP contribution in [-0.2, 0) is 16.7 Å². The van der Waals surface area contributed by atoms with Gasteiger partial charge < -0.3 is 10.4 Å². The summed E-state index contributed by atoms with van der Waals surface area (Å²) in [6.07, 6.45) is 0. The highest BCUT2D eigenvalue weighted by Crippen LogP contribution is 2.30. The number of anilines is 1. The number of nitro groups is 1. The second-order valence-electron chi connectivity index (χ2n) is 5.63. The summed E-state index contributed by atoms with van der Waals surface area (Å²) in [4.78, 5) is 9.78. The summed E-state index contributed by atoms with van der Waals surface area (Å²) < 4.78 is 31.7. The van der Waals surface area contributed by atoms with Crippen LogP contribution in [0.3, 0.4) is 0 Å². The number of nitrogens with one attached hydrogen (secondary N) is 1. The van der Waals surface area contributed by atoms with Crippen molar-refractivity contribution in [3.05, 3.63) is 70.3 Å². The Balaban J connectivity index is 1.85. The van der Waals surface area contributed by atoms with Gasteiger partial charge in [0, 0.05) is 35.8 Å². The van der Waals surface area contributed by atoms with Gasteiger partial charge >= 0.3 is 0 Å². The highest BCUT2D eigenvalue weighted by Gasteiger charge is 2.13. The molecule has 0 amide bonds. The molecule has 9 heteroatoms. The van der Waals surface area contributed by atoms with E-state index in [1.807, 2.05) is 0 Å². The average Bonchev–Trinajstić information content (AvgIpc) is 2.59. The fourth-order valence-electron chi connectivity index (χ4n) is 2.52. The van der Waals surface area contributed by atoms with Crippen molar-refractivity contribution in [1.82, 2.24) is 0 Å². The Kier molecular flexibility index (Phi) is 4.49. The molecule has 0 bridgehead atoms. The van der Waals surface area contributed by atoms with Crippen molar-refractivity contribution in [2.24, 2.45) is 0 Å². The lowest BCUT2D eigenvalue weighted by molar-refractivity contribution is -0.384. The molecule has 0 saturated carbocycles. The lowest BCUT2D eigenvalue weighted by atomic mass is 10.1. The summed E-state index contributed by atoms with van der Waals surface area (Å²) in [5.74, 6) is -0.253. The molecule has 3 rings (SSSR count). The molecule has 0 aliphatic carbocycles. The van der Waals surface area contributed by atoms with E-state index in [0.717, 1.165) is 11.6 Å². The van der Waals surface area contributed by atoms with Crippen LogP contribution in [0.5, 0.6) is 5.75 Å². The Bertz CT molecular complexity index is 1090. The quantitative estimate of drug-likeness (QED) is 0.355. The van der Waals surface area contributed by atoms with Crippen molar-refractivity contribution in [2.45, 2.75) is 11.4 Å². The van der Waals surface area contributed by atoms with Gasteiger partial charge in [-0.1, -0.05) is 12.1 Å². The van der Waals surface area contributed by atoms with Crippen molar-refractivity contribution in [1.29, 1.82) is 0 Å². The molecule has 3 N–H and O–H groups in total. The van der Waals surface area contributed by atoms with Crippen LogP contribution in [0.1, 0.15) is 5.56 Å². The molecule has 0 heterocycles. The third kappa shape index (κ3) is 3.73. The van der Waals surface area contributed by atoms with Crippen LogP contribution in [0.25, 0.3) is 10.8 Å². The fraction of sp³-hybridized carbons (Fsp3) is 0.0588. The number of non-ortho nitro benzene ring substituents is 1. The second-order valence-corrected chi connectivity index (χ2v) is 7.05. The fourth-order valence-corrected chi connectivity index (χ4v) is 3.06. The predicted molar refractivity (Wildman–Crippen MR) is 95.9 cm³/mol. The summed E-state index contributed by atoms with van der Waals surface area (Å²) in [5.41, 5.74) is 1.49. The van der Waals surface area contributed by atoms with E-state index < -0.39 is 19.9 Å². The van der Waals surface area contributed by atoms with E-state index in [-0.39, 0.29) is 11.4 Å². The molecule has 8 nitrogen and oxygen atoms in total. The number of hydrogen-bond acceptors (Lipinski definition) is 6. The van der Waals surface area contributed by atoms with Crippen LogP contribution in [0.15, 0.2) is 59.5 Å². The zero-order valence-electron chi connectivity index (χ0n) is 13.3. The Morgan fingerprint density at radius 1 is 1.04 bits per heavy atom. The molecule has 0 saturated heterocycles. The minimum absolute atomic E-state index is 0.00710. The summed E-state index contributed by atoms with van der Waals surface area (Å²) in [6, 6.07) is 13.3. The number of fused-ring (bicyclic) bond motifs is 1. The summed E-state index contributed by atoms with van der Waals surface area (Å²) in [7, 11) is -4.43. The standard InChI is InChI=1S/C17H14N2O6S/c20-17-9-15(26(23,24)25)8-12-7-13(3-6-16(12)17)18-10-11-1-4-14(5-2-11)19(21)22/h1-9,18,20H,10H2,(H,23,24,25). The Hall–Kier alpha value is -3.17. The maximum absolute atomic E-state index is 11.3. The van der Waals surface area contributed by atoms with Crippen LogP contribution in [0.4, 0.5) is 11.4 Å². The van der Waals surface area contributed by atoms with E-state index in [1.54, 1.807) is 30.3 Å². The number of nitrogens with zero attached hydrogens (tertiary/aromatic N) is 1. The number of hydrogen-bond donors (Lipinski definition) is 3. The van der Waals surface area contributed by atoms with Crippen LogP contribution in [-0.4, -0.2) is 23.0 Å². The topological polar surface area (TPSA) is 130 Å². The van der Waals surface area contributed by atoms with E-state index >= 15 is 0 Å². The molecular formula is C17H14N2O6S. The number of benzene rings is 3. The molecule has 0 unspecified atom stereocenters. The Morgan fingerprint density at radius 2 is 1.73 bits per heavy atom. The summed E-state index contributed by atoms with van der Waals surface area (Å²) in [6.45, 7) is 0.396. The van der Waals surface area contributed by atoms with Gasteiger partial charge in [0.2, 0.25) is 0 Å². The maximum atomic E-state index is 11.3. The van der Waals surface area contributed by atoms with Crippen molar-refractivity contribution < 1.29 is 23.0 Å². The predicted octanol–water partition coefficient (Wildman–Crippen LogP) is 3.31. The van der Waals surface area contributed by atoms with Crippen LogP contribution in [0, 0.1) is 10.1 Å². The summed E-state index contributed by atoms with van der Waals surface area (Å²) >= 11 is 0. The minimum atomic E-state index is -4.43. The number of nitro benzene ring substituents is 1. The van der Waals surface area contributed by atoms with Crippen LogP contribution < -0.4 is 5.32 Å². The highest BCUT2D eigenvalue weighted by atomic mass is 32.2. The number of aromatic hydroxyl groups is 1. The normalized spacial score (nSPS) is 11.4. The van der Waals surface area contributed by atoms with Gasteiger partial charge in [0.05, 0.1) is 9.82 Å². The van der Waals surface area contributed by atoms with Gasteiger partial charge in [0.25, 0.3) is 15.8 Å². The Labute approximate surface area is 148 Å². The molecule has 0 spiro atoms. The molecule has 3 aromatic carbocycles. The van der Waals surface area contributed by atoms with Crippen LogP contribution in [0.2, 0.25) is 0 Å². The summed E-state index contributed by atoms with van der Waals surface area (Å²) in [5, 5.41) is 24.6. The number of rotatable bonds is 5. The van der Waals surface area contributed by atoms with Gasteiger partial charge in [0.1, 0.15) is 5.75 Å². The lowest BCUT2D eigenvalue weighted by Crippen LogP contribution is -2.00. The lowest BCUT2D eigenvalue weighted by Gasteiger charge is -2.09. The monoisotopic (exact) mass is 374 g/mol. The van der Waals surface area contributed by atoms with Crippen molar-refractivity contribution in [3.8, 4) is 5.75 Å². The first-order chi connectivity index (χ1) is 12.2. The molecule has 0 atom stereocenters. The highest BCUT2D eigenvalue weighted by molar-refractivity contribution is 7.85.